The number of anilines is 1. The van der Waals surface area contributed by atoms with Gasteiger partial charge in [0.1, 0.15) is 0 Å². The molecule has 0 aliphatic heterocycles. The number of carbonyl (C=O) groups excluding carboxylic acids is 2. The molecule has 1 aromatic heterocycles. The van der Waals surface area contributed by atoms with Gasteiger partial charge >= 0.3 is 5.97 Å². The molecule has 150 valence electrons. The first kappa shape index (κ1) is 20.3. The lowest BCUT2D eigenvalue weighted by Gasteiger charge is -2.16. The number of esters is 1. The summed E-state index contributed by atoms with van der Waals surface area (Å²) in [5.41, 5.74) is 1.94. The molecule has 0 spiro atoms. The molecule has 1 amide bonds. The van der Waals surface area contributed by atoms with E-state index in [0.29, 0.717) is 23.9 Å². The van der Waals surface area contributed by atoms with Crippen molar-refractivity contribution in [3.8, 4) is 0 Å². The highest BCUT2D eigenvalue weighted by atomic mass is 32.1. The fourth-order valence-electron chi connectivity index (χ4n) is 3.35. The van der Waals surface area contributed by atoms with Gasteiger partial charge in [0, 0.05) is 23.8 Å². The predicted molar refractivity (Wildman–Crippen MR) is 110 cm³/mol. The lowest BCUT2D eigenvalue weighted by atomic mass is 9.96. The van der Waals surface area contributed by atoms with Gasteiger partial charge in [0.15, 0.2) is 4.80 Å². The van der Waals surface area contributed by atoms with Crippen LogP contribution in [0.25, 0.3) is 0 Å². The number of hydrogen-bond donors (Lipinski definition) is 1. The molecule has 6 nitrogen and oxygen atoms in total. The van der Waals surface area contributed by atoms with Crippen LogP contribution in [0.1, 0.15) is 55.1 Å². The van der Waals surface area contributed by atoms with Crippen molar-refractivity contribution in [2.45, 2.75) is 51.5 Å². The molecule has 0 unspecified atom stereocenters. The van der Waals surface area contributed by atoms with E-state index >= 15 is 0 Å². The number of carbonyl (C=O) groups is 2. The topological polar surface area (TPSA) is 72.7 Å². The molecular formula is C21H27N3O3S. The van der Waals surface area contributed by atoms with Crippen molar-refractivity contribution in [3.05, 3.63) is 45.7 Å². The second-order valence-electron chi connectivity index (χ2n) is 7.02. The number of thiazole rings is 1. The fraction of sp³-hybridized carbons (Fsp3) is 0.476. The highest BCUT2D eigenvalue weighted by molar-refractivity contribution is 7.07. The molecular weight excluding hydrogens is 374 g/mol. The van der Waals surface area contributed by atoms with Crippen LogP contribution < -0.4 is 10.1 Å². The molecule has 7 heteroatoms. The van der Waals surface area contributed by atoms with Gasteiger partial charge in [0.05, 0.1) is 24.6 Å². The van der Waals surface area contributed by atoms with E-state index < -0.39 is 5.97 Å². The van der Waals surface area contributed by atoms with Crippen molar-refractivity contribution in [2.24, 2.45) is 12.0 Å². The number of amides is 1. The molecule has 1 fully saturated rings. The minimum atomic E-state index is -0.392. The van der Waals surface area contributed by atoms with Crippen LogP contribution in [0.4, 0.5) is 5.69 Å². The number of ether oxygens (including phenoxy) is 1. The molecule has 0 bridgehead atoms. The summed E-state index contributed by atoms with van der Waals surface area (Å²) in [5, 5.41) is 4.86. The molecule has 1 aromatic carbocycles. The van der Waals surface area contributed by atoms with Crippen molar-refractivity contribution in [3.63, 3.8) is 0 Å². The maximum Gasteiger partial charge on any atom is 0.338 e. The molecule has 3 rings (SSSR count). The molecule has 1 aliphatic rings. The standard InChI is InChI=1S/C21H27N3O3S/c1-3-27-20(26)15-8-7-11-17(12-15)22-19(25)13-18-14-28-21(24(18)2)23-16-9-5-4-6-10-16/h7-8,11-12,14,16H,3-6,9-10,13H2,1-2H3,(H,22,25). The Morgan fingerprint density at radius 2 is 2.07 bits per heavy atom. The fourth-order valence-corrected chi connectivity index (χ4v) is 4.32. The number of nitrogens with one attached hydrogen (secondary N) is 1. The van der Waals surface area contributed by atoms with Gasteiger partial charge in [0.2, 0.25) is 5.91 Å². The zero-order valence-corrected chi connectivity index (χ0v) is 17.3. The van der Waals surface area contributed by atoms with E-state index in [1.54, 1.807) is 42.5 Å². The van der Waals surface area contributed by atoms with Gasteiger partial charge in [-0.25, -0.2) is 4.79 Å². The minimum Gasteiger partial charge on any atom is -0.462 e. The molecule has 0 atom stereocenters. The summed E-state index contributed by atoms with van der Waals surface area (Å²) in [5.74, 6) is -0.518. The van der Waals surface area contributed by atoms with E-state index in [0.717, 1.165) is 23.3 Å². The average molecular weight is 402 g/mol. The first-order valence-corrected chi connectivity index (χ1v) is 10.7. The molecule has 1 saturated carbocycles. The smallest absolute Gasteiger partial charge is 0.338 e. The normalized spacial score (nSPS) is 15.4. The maximum atomic E-state index is 12.5. The number of rotatable bonds is 6. The van der Waals surface area contributed by atoms with Crippen LogP contribution in [0, 0.1) is 0 Å². The zero-order chi connectivity index (χ0) is 19.9. The summed E-state index contributed by atoms with van der Waals surface area (Å²) in [6.45, 7) is 2.08. The van der Waals surface area contributed by atoms with Gasteiger partial charge in [-0.15, -0.1) is 11.3 Å². The van der Waals surface area contributed by atoms with E-state index in [9.17, 15) is 9.59 Å². The Bertz CT molecular complexity index is 894. The van der Waals surface area contributed by atoms with Crippen LogP contribution in [0.2, 0.25) is 0 Å². The second-order valence-corrected chi connectivity index (χ2v) is 7.85. The molecule has 2 aromatic rings. The largest absolute Gasteiger partial charge is 0.462 e. The van der Waals surface area contributed by atoms with Crippen LogP contribution >= 0.6 is 11.3 Å². The third-order valence-corrected chi connectivity index (χ3v) is 5.86. The Labute approximate surface area is 169 Å². The van der Waals surface area contributed by atoms with E-state index in [2.05, 4.69) is 5.32 Å². The Balaban J connectivity index is 1.65. The van der Waals surface area contributed by atoms with Crippen molar-refractivity contribution < 1.29 is 14.3 Å². The first-order chi connectivity index (χ1) is 13.6. The molecule has 1 N–H and O–H groups in total. The Kier molecular flexibility index (Phi) is 7.03. The van der Waals surface area contributed by atoms with Gasteiger partial charge in [-0.3, -0.25) is 9.79 Å². The van der Waals surface area contributed by atoms with Crippen molar-refractivity contribution in [1.82, 2.24) is 4.57 Å². The van der Waals surface area contributed by atoms with Crippen molar-refractivity contribution >= 4 is 28.9 Å². The summed E-state index contributed by atoms with van der Waals surface area (Å²) < 4.78 is 7.01. The van der Waals surface area contributed by atoms with Gasteiger partial charge in [0.25, 0.3) is 0 Å². The van der Waals surface area contributed by atoms with E-state index in [4.69, 9.17) is 9.73 Å². The SMILES string of the molecule is CCOC(=O)c1cccc(NC(=O)Cc2csc(=NC3CCCCC3)n2C)c1. The van der Waals surface area contributed by atoms with E-state index in [-0.39, 0.29) is 12.3 Å². The van der Waals surface area contributed by atoms with Crippen LogP contribution in [0.15, 0.2) is 34.6 Å². The third-order valence-electron chi connectivity index (χ3n) is 4.88. The molecule has 28 heavy (non-hydrogen) atoms. The average Bonchev–Trinajstić information content (AvgIpc) is 3.02. The number of hydrogen-bond acceptors (Lipinski definition) is 5. The number of benzene rings is 1. The number of nitrogens with zero attached hydrogens (tertiary/aromatic N) is 2. The Morgan fingerprint density at radius 3 is 2.82 bits per heavy atom. The summed E-state index contributed by atoms with van der Waals surface area (Å²) in [6, 6.07) is 7.20. The highest BCUT2D eigenvalue weighted by Crippen LogP contribution is 2.20. The summed E-state index contributed by atoms with van der Waals surface area (Å²) in [4.78, 5) is 30.2. The maximum absolute atomic E-state index is 12.5. The second kappa shape index (κ2) is 9.68. The molecule has 0 saturated heterocycles. The Morgan fingerprint density at radius 1 is 1.29 bits per heavy atom. The van der Waals surface area contributed by atoms with Gasteiger partial charge in [-0.05, 0) is 38.0 Å². The van der Waals surface area contributed by atoms with Gasteiger partial charge in [-0.1, -0.05) is 25.3 Å². The quantitative estimate of drug-likeness (QED) is 0.751. The molecule has 1 heterocycles. The molecule has 0 radical (unpaired) electrons. The third kappa shape index (κ3) is 5.32. The monoisotopic (exact) mass is 401 g/mol. The lowest BCUT2D eigenvalue weighted by molar-refractivity contribution is -0.115. The van der Waals surface area contributed by atoms with E-state index in [1.165, 1.54) is 19.3 Å². The predicted octanol–water partition coefficient (Wildman–Crippen LogP) is 3.68. The van der Waals surface area contributed by atoms with Crippen LogP contribution in [-0.2, 0) is 23.0 Å². The summed E-state index contributed by atoms with van der Waals surface area (Å²) in [6.07, 6.45) is 6.39. The van der Waals surface area contributed by atoms with Gasteiger partial charge < -0.3 is 14.6 Å². The van der Waals surface area contributed by atoms with Crippen LogP contribution in [-0.4, -0.2) is 29.1 Å². The van der Waals surface area contributed by atoms with E-state index in [1.807, 2.05) is 17.0 Å². The minimum absolute atomic E-state index is 0.126. The van der Waals surface area contributed by atoms with Crippen molar-refractivity contribution in [2.75, 3.05) is 11.9 Å². The lowest BCUT2D eigenvalue weighted by Crippen LogP contribution is -2.22. The summed E-state index contributed by atoms with van der Waals surface area (Å²) >= 11 is 1.59. The summed E-state index contributed by atoms with van der Waals surface area (Å²) in [7, 11) is 1.96. The van der Waals surface area contributed by atoms with Crippen LogP contribution in [0.5, 0.6) is 0 Å². The van der Waals surface area contributed by atoms with Gasteiger partial charge in [-0.2, -0.15) is 0 Å². The molecule has 1 aliphatic carbocycles. The van der Waals surface area contributed by atoms with Crippen LogP contribution in [0.3, 0.4) is 0 Å². The number of aromatic nitrogens is 1. The zero-order valence-electron chi connectivity index (χ0n) is 16.4. The Hall–Kier alpha value is -2.41. The van der Waals surface area contributed by atoms with Crippen molar-refractivity contribution in [1.29, 1.82) is 0 Å². The highest BCUT2D eigenvalue weighted by Gasteiger charge is 2.14. The first-order valence-electron chi connectivity index (χ1n) is 9.81.